The molecule has 0 aromatic heterocycles. The second kappa shape index (κ2) is 4.12. The molecular formula is C14H18ClN3O. The van der Waals surface area contributed by atoms with E-state index in [4.69, 9.17) is 17.3 Å². The number of amides is 1. The van der Waals surface area contributed by atoms with E-state index in [-0.39, 0.29) is 5.91 Å². The summed E-state index contributed by atoms with van der Waals surface area (Å²) in [6, 6.07) is 3.17. The van der Waals surface area contributed by atoms with Crippen molar-refractivity contribution in [1.29, 1.82) is 0 Å². The lowest BCUT2D eigenvalue weighted by Gasteiger charge is -2.23. The van der Waals surface area contributed by atoms with Gasteiger partial charge in [-0.25, -0.2) is 0 Å². The third-order valence-electron chi connectivity index (χ3n) is 4.01. The summed E-state index contributed by atoms with van der Waals surface area (Å²) in [6.07, 6.45) is 1.15. The van der Waals surface area contributed by atoms with Gasteiger partial charge >= 0.3 is 0 Å². The Labute approximate surface area is 117 Å². The predicted octanol–water partition coefficient (Wildman–Crippen LogP) is 2.53. The highest BCUT2D eigenvalue weighted by Gasteiger charge is 2.33. The molecule has 3 N–H and O–H groups in total. The fourth-order valence-corrected chi connectivity index (χ4v) is 3.15. The summed E-state index contributed by atoms with van der Waals surface area (Å²) in [7, 11) is 0. The van der Waals surface area contributed by atoms with Crippen molar-refractivity contribution in [2.75, 3.05) is 23.3 Å². The van der Waals surface area contributed by atoms with Crippen LogP contribution in [-0.2, 0) is 4.79 Å². The zero-order valence-corrected chi connectivity index (χ0v) is 11.9. The van der Waals surface area contributed by atoms with Crippen LogP contribution in [0.3, 0.4) is 0 Å². The van der Waals surface area contributed by atoms with Crippen LogP contribution in [0.5, 0.6) is 0 Å². The smallest absolute Gasteiger partial charge is 0.245 e. The Morgan fingerprint density at radius 3 is 2.84 bits per heavy atom. The number of rotatable bonds is 1. The van der Waals surface area contributed by atoms with E-state index in [1.54, 1.807) is 0 Å². The van der Waals surface area contributed by atoms with Gasteiger partial charge in [0.25, 0.3) is 0 Å². The van der Waals surface area contributed by atoms with E-state index in [0.717, 1.165) is 36.4 Å². The largest absolute Gasteiger partial charge is 0.370 e. The van der Waals surface area contributed by atoms with Gasteiger partial charge in [-0.05, 0) is 24.0 Å². The zero-order valence-electron chi connectivity index (χ0n) is 11.2. The summed E-state index contributed by atoms with van der Waals surface area (Å²) < 4.78 is 0. The number of anilines is 2. The molecule has 2 aliphatic heterocycles. The second-order valence-electron chi connectivity index (χ2n) is 6.19. The molecular weight excluding hydrogens is 262 g/mol. The van der Waals surface area contributed by atoms with Crippen molar-refractivity contribution in [2.24, 2.45) is 11.1 Å². The molecule has 2 aliphatic rings. The molecule has 1 amide bonds. The molecule has 0 spiro atoms. The van der Waals surface area contributed by atoms with Gasteiger partial charge in [0, 0.05) is 24.3 Å². The first-order chi connectivity index (χ1) is 8.87. The maximum absolute atomic E-state index is 11.6. The third-order valence-corrected chi connectivity index (χ3v) is 4.32. The minimum Gasteiger partial charge on any atom is -0.370 e. The number of halogens is 1. The molecule has 4 nitrogen and oxygen atoms in total. The quantitative estimate of drug-likeness (QED) is 0.830. The fourth-order valence-electron chi connectivity index (χ4n) is 2.85. The number of hydrogen-bond donors (Lipinski definition) is 2. The van der Waals surface area contributed by atoms with Gasteiger partial charge in [-0.3, -0.25) is 4.79 Å². The molecule has 0 saturated carbocycles. The van der Waals surface area contributed by atoms with E-state index in [9.17, 15) is 4.79 Å². The number of carbonyl (C=O) groups excluding carboxylic acids is 1. The van der Waals surface area contributed by atoms with Crippen molar-refractivity contribution in [1.82, 2.24) is 0 Å². The first kappa shape index (κ1) is 12.8. The minimum absolute atomic E-state index is 0.162. The van der Waals surface area contributed by atoms with Gasteiger partial charge in [-0.2, -0.15) is 0 Å². The van der Waals surface area contributed by atoms with Crippen LogP contribution >= 0.6 is 11.6 Å². The highest BCUT2D eigenvalue weighted by atomic mass is 35.5. The number of carbonyl (C=O) groups is 1. The average Bonchev–Trinajstić information content (AvgIpc) is 2.81. The summed E-state index contributed by atoms with van der Waals surface area (Å²) in [5, 5.41) is 3.48. The Balaban J connectivity index is 1.97. The van der Waals surface area contributed by atoms with Crippen LogP contribution in [0.15, 0.2) is 12.1 Å². The van der Waals surface area contributed by atoms with E-state index in [1.807, 2.05) is 12.1 Å². The van der Waals surface area contributed by atoms with Crippen LogP contribution in [0.4, 0.5) is 11.4 Å². The van der Waals surface area contributed by atoms with Crippen molar-refractivity contribution >= 4 is 28.9 Å². The van der Waals surface area contributed by atoms with Gasteiger partial charge in [-0.15, -0.1) is 0 Å². The molecule has 1 aromatic rings. The highest BCUT2D eigenvalue weighted by molar-refractivity contribution is 6.33. The molecule has 1 atom stereocenters. The number of hydrogen-bond acceptors (Lipinski definition) is 3. The molecule has 3 rings (SSSR count). The molecule has 1 fully saturated rings. The Bertz CT molecular complexity index is 556. The van der Waals surface area contributed by atoms with Crippen molar-refractivity contribution in [3.8, 4) is 0 Å². The molecule has 102 valence electrons. The monoisotopic (exact) mass is 279 g/mol. The summed E-state index contributed by atoms with van der Waals surface area (Å²) in [5.41, 5.74) is 8.70. The fraction of sp³-hybridized carbons (Fsp3) is 0.500. The number of fused-ring (bicyclic) bond motifs is 1. The third kappa shape index (κ3) is 2.09. The van der Waals surface area contributed by atoms with Crippen molar-refractivity contribution in [3.05, 3.63) is 22.7 Å². The van der Waals surface area contributed by atoms with Crippen LogP contribution in [0.2, 0.25) is 5.02 Å². The first-order valence-corrected chi connectivity index (χ1v) is 6.90. The van der Waals surface area contributed by atoms with Gasteiger partial charge in [0.15, 0.2) is 0 Å². The topological polar surface area (TPSA) is 58.4 Å². The van der Waals surface area contributed by atoms with Crippen molar-refractivity contribution in [2.45, 2.75) is 26.3 Å². The number of nitrogens with two attached hydrogens (primary N) is 1. The minimum atomic E-state index is -0.600. The molecule has 1 unspecified atom stereocenters. The van der Waals surface area contributed by atoms with Crippen LogP contribution < -0.4 is 16.0 Å². The summed E-state index contributed by atoms with van der Waals surface area (Å²) >= 11 is 6.36. The Hall–Kier alpha value is -1.26. The normalized spacial score (nSPS) is 24.5. The Morgan fingerprint density at radius 1 is 1.47 bits per heavy atom. The first-order valence-electron chi connectivity index (χ1n) is 6.52. The van der Waals surface area contributed by atoms with E-state index in [2.05, 4.69) is 24.1 Å². The van der Waals surface area contributed by atoms with E-state index < -0.39 is 6.04 Å². The molecule has 0 bridgehead atoms. The van der Waals surface area contributed by atoms with E-state index in [1.165, 1.54) is 0 Å². The van der Waals surface area contributed by atoms with E-state index in [0.29, 0.717) is 10.4 Å². The van der Waals surface area contributed by atoms with Crippen LogP contribution in [0.1, 0.15) is 31.9 Å². The van der Waals surface area contributed by atoms with Gasteiger partial charge in [0.2, 0.25) is 5.91 Å². The summed E-state index contributed by atoms with van der Waals surface area (Å²) in [5.74, 6) is -0.162. The molecule has 2 heterocycles. The second-order valence-corrected chi connectivity index (χ2v) is 6.60. The van der Waals surface area contributed by atoms with Gasteiger partial charge in [0.1, 0.15) is 6.04 Å². The van der Waals surface area contributed by atoms with Gasteiger partial charge in [0.05, 0.1) is 10.7 Å². The van der Waals surface area contributed by atoms with Crippen LogP contribution in [0, 0.1) is 5.41 Å². The standard InChI is InChI=1S/C14H18ClN3O/c1-14(2)3-4-18(7-14)11-6-10-8(5-9(11)15)12(16)13(19)17-10/h5-6,12H,3-4,7,16H2,1-2H3,(H,17,19). The van der Waals surface area contributed by atoms with Crippen molar-refractivity contribution in [3.63, 3.8) is 0 Å². The van der Waals surface area contributed by atoms with Crippen LogP contribution in [0.25, 0.3) is 0 Å². The molecule has 5 heteroatoms. The summed E-state index contributed by atoms with van der Waals surface area (Å²) in [4.78, 5) is 13.9. The molecule has 0 radical (unpaired) electrons. The molecule has 19 heavy (non-hydrogen) atoms. The molecule has 1 aromatic carbocycles. The number of nitrogens with zero attached hydrogens (tertiary/aromatic N) is 1. The predicted molar refractivity (Wildman–Crippen MR) is 77.6 cm³/mol. The lowest BCUT2D eigenvalue weighted by Crippen LogP contribution is -2.23. The maximum atomic E-state index is 11.6. The van der Waals surface area contributed by atoms with Crippen molar-refractivity contribution < 1.29 is 4.79 Å². The lowest BCUT2D eigenvalue weighted by atomic mass is 9.93. The number of benzene rings is 1. The lowest BCUT2D eigenvalue weighted by molar-refractivity contribution is -0.116. The Morgan fingerprint density at radius 2 is 2.21 bits per heavy atom. The Kier molecular flexibility index (Phi) is 2.76. The zero-order chi connectivity index (χ0) is 13.8. The molecule has 0 aliphatic carbocycles. The average molecular weight is 280 g/mol. The SMILES string of the molecule is CC1(C)CCN(c2cc3c(cc2Cl)C(N)C(=O)N3)C1. The van der Waals surface area contributed by atoms with Crippen LogP contribution in [-0.4, -0.2) is 19.0 Å². The summed E-state index contributed by atoms with van der Waals surface area (Å²) in [6.45, 7) is 6.48. The molecule has 1 saturated heterocycles. The highest BCUT2D eigenvalue weighted by Crippen LogP contribution is 2.41. The van der Waals surface area contributed by atoms with Gasteiger partial charge in [-0.1, -0.05) is 25.4 Å². The van der Waals surface area contributed by atoms with Gasteiger partial charge < -0.3 is 16.0 Å². The van der Waals surface area contributed by atoms with E-state index >= 15 is 0 Å². The number of nitrogens with one attached hydrogen (secondary N) is 1. The maximum Gasteiger partial charge on any atom is 0.245 e.